The van der Waals surface area contributed by atoms with Gasteiger partial charge >= 0.3 is 0 Å². The van der Waals surface area contributed by atoms with E-state index in [1.165, 1.54) is 0 Å². The van der Waals surface area contributed by atoms with Crippen LogP contribution >= 0.6 is 0 Å². The monoisotopic (exact) mass is 240 g/mol. The Hall–Kier alpha value is -2.06. The molecule has 0 aliphatic heterocycles. The first-order valence-corrected chi connectivity index (χ1v) is 5.85. The van der Waals surface area contributed by atoms with Crippen molar-refractivity contribution in [2.24, 2.45) is 0 Å². The summed E-state index contributed by atoms with van der Waals surface area (Å²) >= 11 is 0. The van der Waals surface area contributed by atoms with Crippen LogP contribution in [0.5, 0.6) is 5.75 Å². The van der Waals surface area contributed by atoms with Crippen molar-refractivity contribution in [3.63, 3.8) is 0 Å². The van der Waals surface area contributed by atoms with Crippen LogP contribution < -0.4 is 4.74 Å². The van der Waals surface area contributed by atoms with Crippen LogP contribution in [0.1, 0.15) is 17.2 Å². The zero-order valence-electron chi connectivity index (χ0n) is 10.3. The van der Waals surface area contributed by atoms with Gasteiger partial charge in [-0.25, -0.2) is 0 Å². The van der Waals surface area contributed by atoms with Gasteiger partial charge in [0, 0.05) is 0 Å². The maximum absolute atomic E-state index is 10.0. The van der Waals surface area contributed by atoms with Gasteiger partial charge in [0.25, 0.3) is 0 Å². The van der Waals surface area contributed by atoms with Crippen molar-refractivity contribution >= 4 is 6.08 Å². The number of methoxy groups -OCH3 is 1. The molecular formula is C16H16O2. The van der Waals surface area contributed by atoms with E-state index in [4.69, 9.17) is 4.74 Å². The molecule has 0 radical (unpaired) electrons. The average Bonchev–Trinajstić information content (AvgIpc) is 2.46. The smallest absolute Gasteiger partial charge is 0.118 e. The molecule has 0 aromatic heterocycles. The summed E-state index contributed by atoms with van der Waals surface area (Å²) in [5.74, 6) is 0.790. The van der Waals surface area contributed by atoms with Crippen molar-refractivity contribution in [1.82, 2.24) is 0 Å². The number of hydrogen-bond acceptors (Lipinski definition) is 2. The van der Waals surface area contributed by atoms with Crippen molar-refractivity contribution in [3.8, 4) is 5.75 Å². The predicted octanol–water partition coefficient (Wildman–Crippen LogP) is 3.44. The molecule has 2 nitrogen and oxygen atoms in total. The van der Waals surface area contributed by atoms with Gasteiger partial charge in [0.2, 0.25) is 0 Å². The van der Waals surface area contributed by atoms with E-state index >= 15 is 0 Å². The average molecular weight is 240 g/mol. The molecule has 0 aliphatic carbocycles. The van der Waals surface area contributed by atoms with Crippen molar-refractivity contribution in [3.05, 3.63) is 71.8 Å². The highest BCUT2D eigenvalue weighted by Crippen LogP contribution is 2.19. The Kier molecular flexibility index (Phi) is 4.15. The van der Waals surface area contributed by atoms with Gasteiger partial charge in [0.15, 0.2) is 0 Å². The largest absolute Gasteiger partial charge is 0.497 e. The number of aliphatic hydroxyl groups excluding tert-OH is 1. The lowest BCUT2D eigenvalue weighted by molar-refractivity contribution is 0.229. The first-order chi connectivity index (χ1) is 8.79. The molecule has 1 atom stereocenters. The van der Waals surface area contributed by atoms with E-state index in [0.29, 0.717) is 0 Å². The summed E-state index contributed by atoms with van der Waals surface area (Å²) in [6, 6.07) is 17.3. The molecule has 2 rings (SSSR count). The van der Waals surface area contributed by atoms with Crippen LogP contribution in [-0.4, -0.2) is 12.2 Å². The van der Waals surface area contributed by atoms with Crippen LogP contribution in [0.25, 0.3) is 6.08 Å². The van der Waals surface area contributed by atoms with Gasteiger partial charge in [0.1, 0.15) is 5.75 Å². The highest BCUT2D eigenvalue weighted by Gasteiger charge is 2.02. The summed E-state index contributed by atoms with van der Waals surface area (Å²) in [6.45, 7) is 0. The van der Waals surface area contributed by atoms with E-state index in [0.717, 1.165) is 16.9 Å². The maximum atomic E-state index is 10.0. The van der Waals surface area contributed by atoms with Crippen molar-refractivity contribution < 1.29 is 9.84 Å². The molecule has 0 bridgehead atoms. The van der Waals surface area contributed by atoms with Crippen LogP contribution in [0.15, 0.2) is 60.7 Å². The van der Waals surface area contributed by atoms with E-state index in [1.807, 2.05) is 60.7 Å². The van der Waals surface area contributed by atoms with E-state index in [9.17, 15) is 5.11 Å². The third kappa shape index (κ3) is 3.22. The molecular weight excluding hydrogens is 224 g/mol. The molecule has 0 unspecified atom stereocenters. The fourth-order valence-corrected chi connectivity index (χ4v) is 1.68. The molecule has 0 amide bonds. The molecule has 0 spiro atoms. The normalized spacial score (nSPS) is 12.6. The first-order valence-electron chi connectivity index (χ1n) is 5.85. The summed E-state index contributed by atoms with van der Waals surface area (Å²) in [6.07, 6.45) is 3.09. The molecule has 1 N–H and O–H groups in total. The molecule has 2 aromatic rings. The summed E-state index contributed by atoms with van der Waals surface area (Å²) in [5, 5.41) is 10.0. The quantitative estimate of drug-likeness (QED) is 0.887. The van der Waals surface area contributed by atoms with Gasteiger partial charge in [0.05, 0.1) is 13.2 Å². The molecule has 18 heavy (non-hydrogen) atoms. The molecule has 0 aliphatic rings. The SMILES string of the molecule is COc1ccc([C@H](O)/C=C/c2ccccc2)cc1. The van der Waals surface area contributed by atoms with E-state index < -0.39 is 6.10 Å². The number of ether oxygens (including phenoxy) is 1. The Labute approximate surface area is 107 Å². The lowest BCUT2D eigenvalue weighted by atomic mass is 10.1. The van der Waals surface area contributed by atoms with Gasteiger partial charge in [-0.05, 0) is 23.3 Å². The Morgan fingerprint density at radius 2 is 1.67 bits per heavy atom. The van der Waals surface area contributed by atoms with Crippen LogP contribution in [0, 0.1) is 0 Å². The second-order valence-electron chi connectivity index (χ2n) is 3.99. The summed E-state index contributed by atoms with van der Waals surface area (Å²) < 4.78 is 5.08. The zero-order valence-corrected chi connectivity index (χ0v) is 10.3. The Bertz CT molecular complexity index is 500. The van der Waals surface area contributed by atoms with Crippen molar-refractivity contribution in [1.29, 1.82) is 0 Å². The highest BCUT2D eigenvalue weighted by molar-refractivity contribution is 5.50. The fourth-order valence-electron chi connectivity index (χ4n) is 1.68. The van der Waals surface area contributed by atoms with E-state index in [2.05, 4.69) is 0 Å². The third-order valence-corrected chi connectivity index (χ3v) is 2.73. The lowest BCUT2D eigenvalue weighted by Gasteiger charge is -2.07. The van der Waals surface area contributed by atoms with Crippen LogP contribution in [0.3, 0.4) is 0 Å². The number of rotatable bonds is 4. The molecule has 0 heterocycles. The third-order valence-electron chi connectivity index (χ3n) is 2.73. The summed E-state index contributed by atoms with van der Waals surface area (Å²) in [5.41, 5.74) is 1.92. The van der Waals surface area contributed by atoms with Crippen LogP contribution in [0.4, 0.5) is 0 Å². The summed E-state index contributed by atoms with van der Waals surface area (Å²) in [4.78, 5) is 0. The molecule has 92 valence electrons. The predicted molar refractivity (Wildman–Crippen MR) is 73.4 cm³/mol. The number of aliphatic hydroxyl groups is 1. The standard InChI is InChI=1S/C16H16O2/c1-18-15-10-8-14(9-11-15)16(17)12-7-13-5-3-2-4-6-13/h2-12,16-17H,1H3/b12-7+/t16-/m1/s1. The number of benzene rings is 2. The molecule has 2 heteroatoms. The zero-order chi connectivity index (χ0) is 12.8. The molecule has 2 aromatic carbocycles. The van der Waals surface area contributed by atoms with Crippen LogP contribution in [-0.2, 0) is 0 Å². The maximum Gasteiger partial charge on any atom is 0.118 e. The molecule has 0 saturated heterocycles. The first kappa shape index (κ1) is 12.4. The summed E-state index contributed by atoms with van der Waals surface area (Å²) in [7, 11) is 1.63. The minimum absolute atomic E-state index is 0.601. The Morgan fingerprint density at radius 3 is 2.28 bits per heavy atom. The Morgan fingerprint density at radius 1 is 1.00 bits per heavy atom. The topological polar surface area (TPSA) is 29.5 Å². The molecule has 0 fully saturated rings. The van der Waals surface area contributed by atoms with Gasteiger partial charge in [-0.3, -0.25) is 0 Å². The highest BCUT2D eigenvalue weighted by atomic mass is 16.5. The minimum atomic E-state index is -0.601. The second-order valence-corrected chi connectivity index (χ2v) is 3.99. The number of hydrogen-bond donors (Lipinski definition) is 1. The van der Waals surface area contributed by atoms with E-state index in [1.54, 1.807) is 13.2 Å². The fraction of sp³-hybridized carbons (Fsp3) is 0.125. The van der Waals surface area contributed by atoms with E-state index in [-0.39, 0.29) is 0 Å². The minimum Gasteiger partial charge on any atom is -0.497 e. The van der Waals surface area contributed by atoms with Gasteiger partial charge in [-0.15, -0.1) is 0 Å². The molecule has 0 saturated carbocycles. The Balaban J connectivity index is 2.07. The second kappa shape index (κ2) is 6.03. The van der Waals surface area contributed by atoms with Crippen molar-refractivity contribution in [2.45, 2.75) is 6.10 Å². The van der Waals surface area contributed by atoms with Gasteiger partial charge in [-0.1, -0.05) is 54.6 Å². The van der Waals surface area contributed by atoms with Gasteiger partial charge < -0.3 is 9.84 Å². The lowest BCUT2D eigenvalue weighted by Crippen LogP contribution is -1.93. The van der Waals surface area contributed by atoms with Crippen LogP contribution in [0.2, 0.25) is 0 Å². The van der Waals surface area contributed by atoms with Crippen molar-refractivity contribution in [2.75, 3.05) is 7.11 Å². The van der Waals surface area contributed by atoms with Gasteiger partial charge in [-0.2, -0.15) is 0 Å².